The van der Waals surface area contributed by atoms with Crippen LogP contribution in [0.2, 0.25) is 0 Å². The molecule has 2 N–H and O–H groups in total. The number of carbonyl (C=O) groups excluding carboxylic acids is 1. The Labute approximate surface area is 131 Å². The summed E-state index contributed by atoms with van der Waals surface area (Å²) in [5, 5.41) is 4.35. The molecule has 0 radical (unpaired) electrons. The molecule has 3 rings (SSSR count). The van der Waals surface area contributed by atoms with E-state index in [9.17, 15) is 4.79 Å². The van der Waals surface area contributed by atoms with Crippen molar-refractivity contribution in [2.45, 2.75) is 44.7 Å². The van der Waals surface area contributed by atoms with Crippen molar-refractivity contribution in [1.29, 1.82) is 0 Å². The van der Waals surface area contributed by atoms with E-state index in [0.717, 1.165) is 32.5 Å². The number of nitrogens with two attached hydrogens (primary N) is 1. The third-order valence-corrected chi connectivity index (χ3v) is 4.92. The summed E-state index contributed by atoms with van der Waals surface area (Å²) in [7, 11) is 0. The quantitative estimate of drug-likeness (QED) is 0.902. The van der Waals surface area contributed by atoms with Crippen LogP contribution in [0.3, 0.4) is 0 Å². The highest BCUT2D eigenvalue weighted by molar-refractivity contribution is 5.86. The van der Waals surface area contributed by atoms with Crippen LogP contribution in [0, 0.1) is 12.8 Å². The maximum atomic E-state index is 12.7. The zero-order valence-corrected chi connectivity index (χ0v) is 13.3. The Kier molecular flexibility index (Phi) is 4.49. The number of piperidine rings is 1. The summed E-state index contributed by atoms with van der Waals surface area (Å²) >= 11 is 0. The number of hydrogen-bond acceptors (Lipinski definition) is 4. The minimum atomic E-state index is -0.704. The molecular formula is C16H26N4O2. The average molecular weight is 306 g/mol. The van der Waals surface area contributed by atoms with Crippen LogP contribution >= 0.6 is 0 Å². The Morgan fingerprint density at radius 3 is 2.68 bits per heavy atom. The van der Waals surface area contributed by atoms with E-state index in [-0.39, 0.29) is 5.91 Å². The van der Waals surface area contributed by atoms with E-state index in [1.807, 2.05) is 15.8 Å². The highest BCUT2D eigenvalue weighted by Gasteiger charge is 2.39. The van der Waals surface area contributed by atoms with E-state index in [1.165, 1.54) is 5.56 Å². The molecular weight excluding hydrogens is 280 g/mol. The minimum Gasteiger partial charge on any atom is -0.381 e. The Balaban J connectivity index is 1.51. The Bertz CT molecular complexity index is 514. The third-order valence-electron chi connectivity index (χ3n) is 4.92. The van der Waals surface area contributed by atoms with Gasteiger partial charge in [-0.2, -0.15) is 5.10 Å². The lowest BCUT2D eigenvalue weighted by Gasteiger charge is -2.39. The summed E-state index contributed by atoms with van der Waals surface area (Å²) < 4.78 is 7.34. The van der Waals surface area contributed by atoms with Crippen molar-refractivity contribution in [2.24, 2.45) is 11.7 Å². The number of rotatable bonds is 3. The maximum Gasteiger partial charge on any atom is 0.242 e. The highest BCUT2D eigenvalue weighted by atomic mass is 16.5. The molecule has 0 atom stereocenters. The molecule has 0 aromatic carbocycles. The van der Waals surface area contributed by atoms with Gasteiger partial charge < -0.3 is 15.4 Å². The van der Waals surface area contributed by atoms with Gasteiger partial charge in [0.1, 0.15) is 0 Å². The molecule has 22 heavy (non-hydrogen) atoms. The van der Waals surface area contributed by atoms with Gasteiger partial charge in [0.25, 0.3) is 0 Å². The summed E-state index contributed by atoms with van der Waals surface area (Å²) in [6, 6.07) is 0. The smallest absolute Gasteiger partial charge is 0.242 e. The van der Waals surface area contributed by atoms with Gasteiger partial charge in [-0.15, -0.1) is 0 Å². The van der Waals surface area contributed by atoms with Crippen LogP contribution in [0.15, 0.2) is 12.4 Å². The highest BCUT2D eigenvalue weighted by Crippen LogP contribution is 2.25. The molecule has 2 fully saturated rings. The van der Waals surface area contributed by atoms with Gasteiger partial charge in [0, 0.05) is 39.0 Å². The van der Waals surface area contributed by atoms with Gasteiger partial charge in [-0.1, -0.05) is 0 Å². The summed E-state index contributed by atoms with van der Waals surface area (Å²) in [6.07, 6.45) is 7.29. The van der Waals surface area contributed by atoms with Gasteiger partial charge in [-0.25, -0.2) is 0 Å². The first-order valence-electron chi connectivity index (χ1n) is 8.22. The first-order chi connectivity index (χ1) is 10.6. The summed E-state index contributed by atoms with van der Waals surface area (Å²) in [5.41, 5.74) is 6.80. The first kappa shape index (κ1) is 15.5. The SMILES string of the molecule is Cc1cnn(CC2CCN(C(=O)C3(N)CCOCC3)CC2)c1. The van der Waals surface area contributed by atoms with Crippen molar-refractivity contribution in [1.82, 2.24) is 14.7 Å². The zero-order chi connectivity index (χ0) is 15.6. The molecule has 1 aromatic heterocycles. The summed E-state index contributed by atoms with van der Waals surface area (Å²) in [5.74, 6) is 0.705. The number of carbonyl (C=O) groups is 1. The fraction of sp³-hybridized carbons (Fsp3) is 0.750. The van der Waals surface area contributed by atoms with Crippen molar-refractivity contribution in [2.75, 3.05) is 26.3 Å². The topological polar surface area (TPSA) is 73.4 Å². The molecule has 6 heteroatoms. The van der Waals surface area contributed by atoms with E-state index >= 15 is 0 Å². The molecule has 0 spiro atoms. The largest absolute Gasteiger partial charge is 0.381 e. The minimum absolute atomic E-state index is 0.115. The van der Waals surface area contributed by atoms with Gasteiger partial charge in [-0.3, -0.25) is 9.48 Å². The van der Waals surface area contributed by atoms with Crippen molar-refractivity contribution >= 4 is 5.91 Å². The normalized spacial score (nSPS) is 22.7. The van der Waals surface area contributed by atoms with Crippen LogP contribution in [-0.4, -0.2) is 52.4 Å². The number of amides is 1. The maximum absolute atomic E-state index is 12.7. The molecule has 1 amide bonds. The number of nitrogens with zero attached hydrogens (tertiary/aromatic N) is 3. The van der Waals surface area contributed by atoms with E-state index in [2.05, 4.69) is 18.2 Å². The molecule has 122 valence electrons. The van der Waals surface area contributed by atoms with E-state index in [1.54, 1.807) is 0 Å². The predicted molar refractivity (Wildman–Crippen MR) is 83.2 cm³/mol. The number of likely N-dealkylation sites (tertiary alicyclic amines) is 1. The predicted octanol–water partition coefficient (Wildman–Crippen LogP) is 0.938. The molecule has 0 aliphatic carbocycles. The second-order valence-electron chi connectivity index (χ2n) is 6.74. The number of aryl methyl sites for hydroxylation is 1. The molecule has 2 saturated heterocycles. The second kappa shape index (κ2) is 6.38. The van der Waals surface area contributed by atoms with Gasteiger partial charge in [0.05, 0.1) is 11.7 Å². The van der Waals surface area contributed by atoms with Crippen molar-refractivity contribution in [3.05, 3.63) is 18.0 Å². The van der Waals surface area contributed by atoms with Crippen LogP contribution in [0.4, 0.5) is 0 Å². The average Bonchev–Trinajstić information content (AvgIpc) is 2.93. The fourth-order valence-corrected chi connectivity index (χ4v) is 3.41. The van der Waals surface area contributed by atoms with Crippen molar-refractivity contribution in [3.63, 3.8) is 0 Å². The summed E-state index contributed by atoms with van der Waals surface area (Å²) in [6.45, 7) is 5.80. The number of aromatic nitrogens is 2. The lowest BCUT2D eigenvalue weighted by Crippen LogP contribution is -2.59. The third kappa shape index (κ3) is 3.33. The molecule has 1 aromatic rings. The molecule has 3 heterocycles. The second-order valence-corrected chi connectivity index (χ2v) is 6.74. The van der Waals surface area contributed by atoms with Crippen LogP contribution in [-0.2, 0) is 16.1 Å². The van der Waals surface area contributed by atoms with E-state index in [0.29, 0.717) is 32.0 Å². The van der Waals surface area contributed by atoms with Crippen LogP contribution in [0.25, 0.3) is 0 Å². The molecule has 2 aliphatic heterocycles. The Hall–Kier alpha value is -1.40. The standard InChI is InChI=1S/C16H26N4O2/c1-13-10-18-20(11-13)12-14-2-6-19(7-3-14)15(21)16(17)4-8-22-9-5-16/h10-11,14H,2-9,12,17H2,1H3. The van der Waals surface area contributed by atoms with Crippen molar-refractivity contribution < 1.29 is 9.53 Å². The molecule has 2 aliphatic rings. The van der Waals surface area contributed by atoms with Crippen molar-refractivity contribution in [3.8, 4) is 0 Å². The van der Waals surface area contributed by atoms with E-state index < -0.39 is 5.54 Å². The van der Waals surface area contributed by atoms with Gasteiger partial charge in [0.15, 0.2) is 0 Å². The van der Waals surface area contributed by atoms with Gasteiger partial charge in [-0.05, 0) is 44.1 Å². The lowest BCUT2D eigenvalue weighted by atomic mass is 9.88. The van der Waals surface area contributed by atoms with E-state index in [4.69, 9.17) is 10.5 Å². The summed E-state index contributed by atoms with van der Waals surface area (Å²) in [4.78, 5) is 14.6. The Morgan fingerprint density at radius 1 is 1.41 bits per heavy atom. The van der Waals surface area contributed by atoms with Gasteiger partial charge in [0.2, 0.25) is 5.91 Å². The lowest BCUT2D eigenvalue weighted by molar-refractivity contribution is -0.142. The monoisotopic (exact) mass is 306 g/mol. The zero-order valence-electron chi connectivity index (χ0n) is 13.3. The van der Waals surface area contributed by atoms with Crippen LogP contribution in [0.1, 0.15) is 31.2 Å². The molecule has 0 bridgehead atoms. The number of hydrogen-bond donors (Lipinski definition) is 1. The molecule has 0 unspecified atom stereocenters. The van der Waals surface area contributed by atoms with Gasteiger partial charge >= 0.3 is 0 Å². The van der Waals surface area contributed by atoms with Crippen LogP contribution < -0.4 is 5.73 Å². The van der Waals surface area contributed by atoms with Crippen LogP contribution in [0.5, 0.6) is 0 Å². The first-order valence-corrected chi connectivity index (χ1v) is 8.22. The molecule has 0 saturated carbocycles. The fourth-order valence-electron chi connectivity index (χ4n) is 3.41. The number of ether oxygens (including phenoxy) is 1. The molecule has 6 nitrogen and oxygen atoms in total. The Morgan fingerprint density at radius 2 is 2.09 bits per heavy atom.